The second-order valence-electron chi connectivity index (χ2n) is 4.99. The van der Waals surface area contributed by atoms with Crippen molar-refractivity contribution in [3.05, 3.63) is 30.1 Å². The zero-order chi connectivity index (χ0) is 12.8. The van der Waals surface area contributed by atoms with Gasteiger partial charge >= 0.3 is 0 Å². The van der Waals surface area contributed by atoms with Crippen molar-refractivity contribution in [2.24, 2.45) is 0 Å². The summed E-state index contributed by atoms with van der Waals surface area (Å²) in [6.07, 6.45) is 9.89. The van der Waals surface area contributed by atoms with Crippen molar-refractivity contribution in [3.8, 4) is 0 Å². The molecule has 0 saturated carbocycles. The number of carbonyl (C=O) groups excluding carboxylic acids is 1. The van der Waals surface area contributed by atoms with Crippen molar-refractivity contribution in [3.63, 3.8) is 0 Å². The fourth-order valence-electron chi connectivity index (χ4n) is 2.65. The fourth-order valence-corrected chi connectivity index (χ4v) is 2.65. The summed E-state index contributed by atoms with van der Waals surface area (Å²) in [5.41, 5.74) is 1.18. The molecule has 0 spiro atoms. The highest BCUT2D eigenvalue weighted by Gasteiger charge is 2.29. The van der Waals surface area contributed by atoms with Gasteiger partial charge in [-0.1, -0.05) is 25.8 Å². The molecule has 98 valence electrons. The van der Waals surface area contributed by atoms with Crippen molar-refractivity contribution in [1.82, 2.24) is 9.88 Å². The van der Waals surface area contributed by atoms with E-state index in [4.69, 9.17) is 0 Å². The first kappa shape index (κ1) is 13.1. The highest BCUT2D eigenvalue weighted by atomic mass is 16.2. The van der Waals surface area contributed by atoms with Gasteiger partial charge in [-0.05, 0) is 30.9 Å². The minimum Gasteiger partial charge on any atom is -0.336 e. The lowest BCUT2D eigenvalue weighted by atomic mass is 10.1. The monoisotopic (exact) mass is 246 g/mol. The SMILES string of the molecule is CCCCCC(=O)N1CCCC1c1cccnc1. The van der Waals surface area contributed by atoms with Crippen molar-refractivity contribution >= 4 is 5.91 Å². The summed E-state index contributed by atoms with van der Waals surface area (Å²) in [5, 5.41) is 0. The summed E-state index contributed by atoms with van der Waals surface area (Å²) in [7, 11) is 0. The molecule has 0 bridgehead atoms. The quantitative estimate of drug-likeness (QED) is 0.747. The van der Waals surface area contributed by atoms with Gasteiger partial charge in [0.1, 0.15) is 0 Å². The Kier molecular flexibility index (Phi) is 4.73. The molecule has 1 aliphatic heterocycles. The minimum absolute atomic E-state index is 0.257. The average Bonchev–Trinajstić information content (AvgIpc) is 2.89. The third-order valence-electron chi connectivity index (χ3n) is 3.64. The van der Waals surface area contributed by atoms with Crippen LogP contribution in [0.4, 0.5) is 0 Å². The van der Waals surface area contributed by atoms with Gasteiger partial charge in [-0.2, -0.15) is 0 Å². The number of hydrogen-bond acceptors (Lipinski definition) is 2. The molecule has 1 aliphatic rings. The van der Waals surface area contributed by atoms with Gasteiger partial charge < -0.3 is 4.90 Å². The van der Waals surface area contributed by atoms with Gasteiger partial charge in [-0.25, -0.2) is 0 Å². The molecule has 1 fully saturated rings. The highest BCUT2D eigenvalue weighted by molar-refractivity contribution is 5.77. The fraction of sp³-hybridized carbons (Fsp3) is 0.600. The van der Waals surface area contributed by atoms with Gasteiger partial charge in [-0.3, -0.25) is 9.78 Å². The predicted molar refractivity (Wildman–Crippen MR) is 72.1 cm³/mol. The Hall–Kier alpha value is -1.38. The van der Waals surface area contributed by atoms with Crippen molar-refractivity contribution in [1.29, 1.82) is 0 Å². The average molecular weight is 246 g/mol. The lowest BCUT2D eigenvalue weighted by Crippen LogP contribution is -2.30. The largest absolute Gasteiger partial charge is 0.336 e. The summed E-state index contributed by atoms with van der Waals surface area (Å²) in [5.74, 6) is 0.315. The molecule has 2 rings (SSSR count). The summed E-state index contributed by atoms with van der Waals surface area (Å²) in [6, 6.07) is 4.29. The van der Waals surface area contributed by atoms with E-state index in [1.165, 1.54) is 12.0 Å². The number of amides is 1. The summed E-state index contributed by atoms with van der Waals surface area (Å²) in [4.78, 5) is 18.4. The minimum atomic E-state index is 0.257. The predicted octanol–water partition coefficient (Wildman–Crippen LogP) is 3.33. The summed E-state index contributed by atoms with van der Waals surface area (Å²) >= 11 is 0. The molecule has 1 unspecified atom stereocenters. The van der Waals surface area contributed by atoms with Gasteiger partial charge in [0, 0.05) is 25.4 Å². The molecule has 2 heterocycles. The van der Waals surface area contributed by atoms with E-state index in [1.807, 2.05) is 17.2 Å². The lowest BCUT2D eigenvalue weighted by Gasteiger charge is -2.25. The molecule has 1 atom stereocenters. The van der Waals surface area contributed by atoms with Gasteiger partial charge in [-0.15, -0.1) is 0 Å². The Labute approximate surface area is 109 Å². The lowest BCUT2D eigenvalue weighted by molar-refractivity contribution is -0.132. The first-order chi connectivity index (χ1) is 8.83. The van der Waals surface area contributed by atoms with Crippen LogP contribution in [-0.2, 0) is 4.79 Å². The van der Waals surface area contributed by atoms with E-state index in [1.54, 1.807) is 6.20 Å². The topological polar surface area (TPSA) is 33.2 Å². The maximum atomic E-state index is 12.2. The third-order valence-corrected chi connectivity index (χ3v) is 3.64. The van der Waals surface area contributed by atoms with Gasteiger partial charge in [0.2, 0.25) is 5.91 Å². The molecule has 3 heteroatoms. The van der Waals surface area contributed by atoms with Crippen molar-refractivity contribution < 1.29 is 4.79 Å². The van der Waals surface area contributed by atoms with E-state index in [2.05, 4.69) is 18.0 Å². The van der Waals surface area contributed by atoms with E-state index in [9.17, 15) is 4.79 Å². The maximum absolute atomic E-state index is 12.2. The third kappa shape index (κ3) is 3.09. The number of likely N-dealkylation sites (tertiary alicyclic amines) is 1. The van der Waals surface area contributed by atoms with Gasteiger partial charge in [0.15, 0.2) is 0 Å². The van der Waals surface area contributed by atoms with Crippen LogP contribution in [0, 0.1) is 0 Å². The smallest absolute Gasteiger partial charge is 0.223 e. The van der Waals surface area contributed by atoms with Crippen LogP contribution in [0.3, 0.4) is 0 Å². The molecule has 0 N–H and O–H groups in total. The van der Waals surface area contributed by atoms with E-state index in [-0.39, 0.29) is 6.04 Å². The number of aromatic nitrogens is 1. The van der Waals surface area contributed by atoms with E-state index < -0.39 is 0 Å². The number of rotatable bonds is 5. The zero-order valence-electron chi connectivity index (χ0n) is 11.1. The van der Waals surface area contributed by atoms with Gasteiger partial charge in [0.25, 0.3) is 0 Å². The van der Waals surface area contributed by atoms with Crippen LogP contribution in [0.15, 0.2) is 24.5 Å². The van der Waals surface area contributed by atoms with Crippen LogP contribution in [0.5, 0.6) is 0 Å². The molecule has 0 radical (unpaired) electrons. The molecule has 1 aromatic rings. The number of carbonyl (C=O) groups is 1. The maximum Gasteiger partial charge on any atom is 0.223 e. The molecule has 0 aromatic carbocycles. The Morgan fingerprint density at radius 2 is 2.39 bits per heavy atom. The van der Waals surface area contributed by atoms with Crippen LogP contribution >= 0.6 is 0 Å². The summed E-state index contributed by atoms with van der Waals surface area (Å²) < 4.78 is 0. The van der Waals surface area contributed by atoms with E-state index >= 15 is 0 Å². The second kappa shape index (κ2) is 6.53. The summed E-state index contributed by atoms with van der Waals surface area (Å²) in [6.45, 7) is 3.07. The molecule has 1 aromatic heterocycles. The molecule has 18 heavy (non-hydrogen) atoms. The van der Waals surface area contributed by atoms with Crippen LogP contribution in [-0.4, -0.2) is 22.3 Å². The number of hydrogen-bond donors (Lipinski definition) is 0. The number of pyridine rings is 1. The normalized spacial score (nSPS) is 19.2. The number of unbranched alkanes of at least 4 members (excludes halogenated alkanes) is 2. The Morgan fingerprint density at radius 3 is 3.11 bits per heavy atom. The second-order valence-corrected chi connectivity index (χ2v) is 4.99. The first-order valence-electron chi connectivity index (χ1n) is 7.02. The Morgan fingerprint density at radius 1 is 1.50 bits per heavy atom. The van der Waals surface area contributed by atoms with Crippen LogP contribution < -0.4 is 0 Å². The highest BCUT2D eigenvalue weighted by Crippen LogP contribution is 2.32. The molecule has 3 nitrogen and oxygen atoms in total. The van der Waals surface area contributed by atoms with E-state index in [0.717, 1.165) is 32.2 Å². The van der Waals surface area contributed by atoms with Crippen LogP contribution in [0.1, 0.15) is 57.1 Å². The van der Waals surface area contributed by atoms with E-state index in [0.29, 0.717) is 12.3 Å². The standard InChI is InChI=1S/C15H22N2O/c1-2-3-4-9-15(18)17-11-6-8-14(17)13-7-5-10-16-12-13/h5,7,10,12,14H,2-4,6,8-9,11H2,1H3. The van der Waals surface area contributed by atoms with Crippen molar-refractivity contribution in [2.45, 2.75) is 51.5 Å². The first-order valence-corrected chi connectivity index (χ1v) is 7.02. The number of nitrogens with zero attached hydrogens (tertiary/aromatic N) is 2. The molecule has 1 saturated heterocycles. The van der Waals surface area contributed by atoms with Crippen molar-refractivity contribution in [2.75, 3.05) is 6.54 Å². The van der Waals surface area contributed by atoms with Crippen LogP contribution in [0.2, 0.25) is 0 Å². The molecule has 0 aliphatic carbocycles. The Balaban J connectivity index is 1.97. The Bertz CT molecular complexity index is 377. The molecular formula is C15H22N2O. The molecular weight excluding hydrogens is 224 g/mol. The van der Waals surface area contributed by atoms with Crippen LogP contribution in [0.25, 0.3) is 0 Å². The van der Waals surface area contributed by atoms with Gasteiger partial charge in [0.05, 0.1) is 6.04 Å². The molecule has 1 amide bonds. The zero-order valence-corrected chi connectivity index (χ0v) is 11.1.